The number of rotatable bonds is 2. The largest absolute Gasteiger partial charge is 0.378 e. The third-order valence-electron chi connectivity index (χ3n) is 4.26. The second kappa shape index (κ2) is 5.69. The van der Waals surface area contributed by atoms with E-state index in [0.29, 0.717) is 24.9 Å². The standard InChI is InChI=1S/C15H18IN3O3/c1-18(2)8-5-9-10(11(16)6-8)7-19(15(9)22)12-3-4-13(20)17-14(12)21/h5-6,12,14,21H,3-4,7H2,1-2H3,(H,17,20). The summed E-state index contributed by atoms with van der Waals surface area (Å²) in [6.07, 6.45) is -0.170. The number of carbonyl (C=O) groups is 2. The van der Waals surface area contributed by atoms with Crippen molar-refractivity contribution < 1.29 is 14.7 Å². The van der Waals surface area contributed by atoms with Crippen molar-refractivity contribution in [3.05, 3.63) is 26.8 Å². The van der Waals surface area contributed by atoms with E-state index in [-0.39, 0.29) is 17.9 Å². The molecule has 1 aromatic carbocycles. The zero-order chi connectivity index (χ0) is 16.0. The zero-order valence-corrected chi connectivity index (χ0v) is 14.6. The highest BCUT2D eigenvalue weighted by molar-refractivity contribution is 14.1. The van der Waals surface area contributed by atoms with Crippen LogP contribution in [-0.2, 0) is 11.3 Å². The van der Waals surface area contributed by atoms with Crippen molar-refractivity contribution in [3.63, 3.8) is 0 Å². The number of benzene rings is 1. The summed E-state index contributed by atoms with van der Waals surface area (Å²) in [5, 5.41) is 12.6. The van der Waals surface area contributed by atoms with Crippen molar-refractivity contribution in [2.75, 3.05) is 19.0 Å². The van der Waals surface area contributed by atoms with Crippen LogP contribution in [0, 0.1) is 3.57 Å². The van der Waals surface area contributed by atoms with Gasteiger partial charge in [-0.3, -0.25) is 9.59 Å². The minimum Gasteiger partial charge on any atom is -0.378 e. The maximum absolute atomic E-state index is 12.7. The third-order valence-corrected chi connectivity index (χ3v) is 5.22. The lowest BCUT2D eigenvalue weighted by Gasteiger charge is -2.35. The number of aliphatic hydroxyl groups is 1. The Labute approximate surface area is 142 Å². The Morgan fingerprint density at radius 1 is 1.36 bits per heavy atom. The first-order chi connectivity index (χ1) is 10.4. The molecule has 0 spiro atoms. The number of amides is 2. The van der Waals surface area contributed by atoms with E-state index in [9.17, 15) is 14.7 Å². The number of halogens is 1. The number of piperidine rings is 1. The molecule has 0 bridgehead atoms. The first-order valence-corrected chi connectivity index (χ1v) is 8.24. The van der Waals surface area contributed by atoms with Gasteiger partial charge < -0.3 is 20.2 Å². The molecular weight excluding hydrogens is 397 g/mol. The Kier molecular flexibility index (Phi) is 4.02. The average molecular weight is 415 g/mol. The van der Waals surface area contributed by atoms with Crippen molar-refractivity contribution >= 4 is 40.1 Å². The second-order valence-electron chi connectivity index (χ2n) is 5.90. The van der Waals surface area contributed by atoms with Crippen molar-refractivity contribution in [1.29, 1.82) is 0 Å². The number of hydrogen-bond donors (Lipinski definition) is 2. The van der Waals surface area contributed by atoms with Gasteiger partial charge in [0.15, 0.2) is 0 Å². The zero-order valence-electron chi connectivity index (χ0n) is 12.5. The van der Waals surface area contributed by atoms with Gasteiger partial charge in [-0.15, -0.1) is 0 Å². The summed E-state index contributed by atoms with van der Waals surface area (Å²) in [4.78, 5) is 27.7. The monoisotopic (exact) mass is 415 g/mol. The van der Waals surface area contributed by atoms with Crippen LogP contribution in [0.4, 0.5) is 5.69 Å². The number of hydrogen-bond acceptors (Lipinski definition) is 4. The van der Waals surface area contributed by atoms with Crippen LogP contribution >= 0.6 is 22.6 Å². The van der Waals surface area contributed by atoms with Crippen molar-refractivity contribution in [2.24, 2.45) is 0 Å². The van der Waals surface area contributed by atoms with Crippen molar-refractivity contribution in [1.82, 2.24) is 10.2 Å². The summed E-state index contributed by atoms with van der Waals surface area (Å²) in [5.74, 6) is -0.241. The van der Waals surface area contributed by atoms with Gasteiger partial charge in [0.1, 0.15) is 6.23 Å². The smallest absolute Gasteiger partial charge is 0.255 e. The van der Waals surface area contributed by atoms with Gasteiger partial charge in [-0.2, -0.15) is 0 Å². The average Bonchev–Trinajstić information content (AvgIpc) is 2.77. The molecular formula is C15H18IN3O3. The molecule has 1 aromatic rings. The van der Waals surface area contributed by atoms with Crippen LogP contribution in [0.15, 0.2) is 12.1 Å². The molecule has 2 aliphatic rings. The van der Waals surface area contributed by atoms with Crippen molar-refractivity contribution in [3.8, 4) is 0 Å². The number of nitrogens with one attached hydrogen (secondary N) is 1. The van der Waals surface area contributed by atoms with E-state index in [1.165, 1.54) is 0 Å². The topological polar surface area (TPSA) is 72.9 Å². The minimum atomic E-state index is -0.995. The van der Waals surface area contributed by atoms with Gasteiger partial charge in [-0.1, -0.05) is 0 Å². The molecule has 3 rings (SSSR count). The molecule has 118 valence electrons. The van der Waals surface area contributed by atoms with Gasteiger partial charge in [0.2, 0.25) is 5.91 Å². The fourth-order valence-electron chi connectivity index (χ4n) is 2.99. The predicted molar refractivity (Wildman–Crippen MR) is 90.5 cm³/mol. The van der Waals surface area contributed by atoms with Crippen molar-refractivity contribution in [2.45, 2.75) is 31.7 Å². The first-order valence-electron chi connectivity index (χ1n) is 7.16. The van der Waals surface area contributed by atoms with Gasteiger partial charge in [0, 0.05) is 41.9 Å². The molecule has 2 unspecified atom stereocenters. The van der Waals surface area contributed by atoms with E-state index in [1.54, 1.807) is 4.90 Å². The fraction of sp³-hybridized carbons (Fsp3) is 0.467. The second-order valence-corrected chi connectivity index (χ2v) is 7.06. The van der Waals surface area contributed by atoms with Crippen LogP contribution in [0.3, 0.4) is 0 Å². The molecule has 2 atom stereocenters. The lowest BCUT2D eigenvalue weighted by Crippen LogP contribution is -2.55. The van der Waals surface area contributed by atoms with Gasteiger partial charge in [0.05, 0.1) is 6.04 Å². The normalized spacial score (nSPS) is 24.3. The molecule has 0 aliphatic carbocycles. The van der Waals surface area contributed by atoms with E-state index in [4.69, 9.17) is 0 Å². The highest BCUT2D eigenvalue weighted by Gasteiger charge is 2.39. The van der Waals surface area contributed by atoms with Crippen LogP contribution < -0.4 is 10.2 Å². The van der Waals surface area contributed by atoms with Crippen LogP contribution in [-0.4, -0.2) is 48.2 Å². The Balaban J connectivity index is 1.91. The summed E-state index contributed by atoms with van der Waals surface area (Å²) in [6.45, 7) is 0.484. The highest BCUT2D eigenvalue weighted by Crippen LogP contribution is 2.34. The Hall–Kier alpha value is -1.35. The summed E-state index contributed by atoms with van der Waals surface area (Å²) < 4.78 is 1.05. The SMILES string of the molecule is CN(C)c1cc(I)c2c(c1)C(=O)N(C1CCC(=O)NC1O)C2. The molecule has 7 heteroatoms. The first kappa shape index (κ1) is 15.5. The number of fused-ring (bicyclic) bond motifs is 1. The summed E-state index contributed by atoms with van der Waals surface area (Å²) in [5.41, 5.74) is 2.68. The van der Waals surface area contributed by atoms with E-state index in [0.717, 1.165) is 14.8 Å². The summed E-state index contributed by atoms with van der Waals surface area (Å²) in [6, 6.07) is 3.58. The van der Waals surface area contributed by atoms with E-state index in [2.05, 4.69) is 34.0 Å². The van der Waals surface area contributed by atoms with Crippen LogP contribution in [0.1, 0.15) is 28.8 Å². The van der Waals surface area contributed by atoms with Crippen LogP contribution in [0.2, 0.25) is 0 Å². The van der Waals surface area contributed by atoms with E-state index >= 15 is 0 Å². The van der Waals surface area contributed by atoms with Gasteiger partial charge in [-0.25, -0.2) is 0 Å². The molecule has 2 N–H and O–H groups in total. The molecule has 1 fully saturated rings. The molecule has 2 amide bonds. The predicted octanol–water partition coefficient (Wildman–Crippen LogP) is 0.910. The Morgan fingerprint density at radius 2 is 2.09 bits per heavy atom. The van der Waals surface area contributed by atoms with E-state index < -0.39 is 6.23 Å². The highest BCUT2D eigenvalue weighted by atomic mass is 127. The quantitative estimate of drug-likeness (QED) is 0.705. The fourth-order valence-corrected chi connectivity index (χ4v) is 3.77. The molecule has 6 nitrogen and oxygen atoms in total. The lowest BCUT2D eigenvalue weighted by atomic mass is 10.0. The van der Waals surface area contributed by atoms with E-state index in [1.807, 2.05) is 25.1 Å². The lowest BCUT2D eigenvalue weighted by molar-refractivity contribution is -0.129. The minimum absolute atomic E-state index is 0.0724. The number of anilines is 1. The number of aliphatic hydroxyl groups excluding tert-OH is 1. The summed E-state index contributed by atoms with van der Waals surface area (Å²) in [7, 11) is 3.88. The van der Waals surface area contributed by atoms with Gasteiger partial charge >= 0.3 is 0 Å². The van der Waals surface area contributed by atoms with Crippen LogP contribution in [0.5, 0.6) is 0 Å². The Bertz CT molecular complexity index is 647. The molecule has 22 heavy (non-hydrogen) atoms. The molecule has 0 aromatic heterocycles. The Morgan fingerprint density at radius 3 is 2.73 bits per heavy atom. The maximum Gasteiger partial charge on any atom is 0.255 e. The summed E-state index contributed by atoms with van der Waals surface area (Å²) >= 11 is 2.25. The van der Waals surface area contributed by atoms with Crippen LogP contribution in [0.25, 0.3) is 0 Å². The molecule has 0 saturated carbocycles. The maximum atomic E-state index is 12.7. The van der Waals surface area contributed by atoms with Gasteiger partial charge in [-0.05, 0) is 46.7 Å². The number of carbonyl (C=O) groups excluding carboxylic acids is 2. The molecule has 2 heterocycles. The molecule has 1 saturated heterocycles. The third kappa shape index (κ3) is 2.56. The molecule has 2 aliphatic heterocycles. The van der Waals surface area contributed by atoms with Gasteiger partial charge in [0.25, 0.3) is 5.91 Å². The molecule has 0 radical (unpaired) electrons. The number of nitrogens with zero attached hydrogens (tertiary/aromatic N) is 2.